The molecule has 0 saturated heterocycles. The Morgan fingerprint density at radius 1 is 1.07 bits per heavy atom. The lowest BCUT2D eigenvalue weighted by Gasteiger charge is -2.19. The van der Waals surface area contributed by atoms with Crippen molar-refractivity contribution in [2.24, 2.45) is 0 Å². The standard InChI is InChI=1S/C22H25N3O4/c1-15(18-12-19(27-2)21(29-4)20(13-18)28-3)24-22(26)17-8-6-16(7-9-17)14-25-11-5-10-23-25/h5-13,15H,14H2,1-4H3,(H,24,26). The van der Waals surface area contributed by atoms with E-state index in [0.717, 1.165) is 11.1 Å². The van der Waals surface area contributed by atoms with Crippen LogP contribution in [0.3, 0.4) is 0 Å². The molecule has 1 amide bonds. The van der Waals surface area contributed by atoms with Gasteiger partial charge in [-0.25, -0.2) is 0 Å². The van der Waals surface area contributed by atoms with E-state index in [1.165, 1.54) is 0 Å². The molecule has 2 aromatic carbocycles. The smallest absolute Gasteiger partial charge is 0.251 e. The highest BCUT2D eigenvalue weighted by Gasteiger charge is 2.18. The molecule has 1 heterocycles. The Hall–Kier alpha value is -3.48. The second kappa shape index (κ2) is 9.14. The van der Waals surface area contributed by atoms with E-state index in [1.54, 1.807) is 27.5 Å². The Bertz CT molecular complexity index is 928. The molecule has 7 heteroatoms. The summed E-state index contributed by atoms with van der Waals surface area (Å²) in [5.41, 5.74) is 2.51. The molecule has 1 aromatic heterocycles. The average Bonchev–Trinajstić information content (AvgIpc) is 3.25. The highest BCUT2D eigenvalue weighted by molar-refractivity contribution is 5.94. The van der Waals surface area contributed by atoms with Gasteiger partial charge in [0.1, 0.15) is 0 Å². The summed E-state index contributed by atoms with van der Waals surface area (Å²) in [5, 5.41) is 7.20. The minimum absolute atomic E-state index is 0.156. The van der Waals surface area contributed by atoms with Crippen LogP contribution in [0.5, 0.6) is 17.2 Å². The van der Waals surface area contributed by atoms with E-state index >= 15 is 0 Å². The first-order valence-corrected chi connectivity index (χ1v) is 9.22. The fourth-order valence-corrected chi connectivity index (χ4v) is 3.06. The number of carbonyl (C=O) groups is 1. The number of aromatic nitrogens is 2. The van der Waals surface area contributed by atoms with E-state index < -0.39 is 0 Å². The number of ether oxygens (including phenoxy) is 3. The molecular formula is C22H25N3O4. The molecule has 29 heavy (non-hydrogen) atoms. The lowest BCUT2D eigenvalue weighted by molar-refractivity contribution is 0.0939. The minimum Gasteiger partial charge on any atom is -0.493 e. The number of hydrogen-bond donors (Lipinski definition) is 1. The van der Waals surface area contributed by atoms with Crippen molar-refractivity contribution in [3.8, 4) is 17.2 Å². The van der Waals surface area contributed by atoms with Crippen molar-refractivity contribution < 1.29 is 19.0 Å². The molecule has 0 aliphatic carbocycles. The van der Waals surface area contributed by atoms with E-state index in [9.17, 15) is 4.79 Å². The van der Waals surface area contributed by atoms with Gasteiger partial charge in [-0.1, -0.05) is 12.1 Å². The number of rotatable bonds is 8. The summed E-state index contributed by atoms with van der Waals surface area (Å²) in [6.07, 6.45) is 3.64. The van der Waals surface area contributed by atoms with Crippen LogP contribution >= 0.6 is 0 Å². The van der Waals surface area contributed by atoms with Gasteiger partial charge in [-0.15, -0.1) is 0 Å². The average molecular weight is 395 g/mol. The summed E-state index contributed by atoms with van der Waals surface area (Å²) in [4.78, 5) is 12.7. The van der Waals surface area contributed by atoms with E-state index in [2.05, 4.69) is 10.4 Å². The van der Waals surface area contributed by atoms with Crippen molar-refractivity contribution in [2.45, 2.75) is 19.5 Å². The third-order valence-corrected chi connectivity index (χ3v) is 4.65. The van der Waals surface area contributed by atoms with Gasteiger partial charge in [0.25, 0.3) is 5.91 Å². The predicted octanol–water partition coefficient (Wildman–Crippen LogP) is 3.45. The zero-order chi connectivity index (χ0) is 20.8. The van der Waals surface area contributed by atoms with Crippen molar-refractivity contribution in [1.29, 1.82) is 0 Å². The maximum Gasteiger partial charge on any atom is 0.251 e. The monoisotopic (exact) mass is 395 g/mol. The number of benzene rings is 2. The molecule has 1 atom stereocenters. The Morgan fingerprint density at radius 3 is 2.24 bits per heavy atom. The number of amides is 1. The summed E-state index contributed by atoms with van der Waals surface area (Å²) in [6, 6.07) is 12.8. The van der Waals surface area contributed by atoms with Crippen molar-refractivity contribution in [1.82, 2.24) is 15.1 Å². The topological polar surface area (TPSA) is 74.6 Å². The van der Waals surface area contributed by atoms with Gasteiger partial charge in [-0.2, -0.15) is 5.10 Å². The number of hydrogen-bond acceptors (Lipinski definition) is 5. The maximum atomic E-state index is 12.7. The van der Waals surface area contributed by atoms with Crippen LogP contribution in [0.15, 0.2) is 54.9 Å². The normalized spacial score (nSPS) is 11.6. The van der Waals surface area contributed by atoms with Gasteiger partial charge in [0.05, 0.1) is 33.9 Å². The van der Waals surface area contributed by atoms with E-state index in [-0.39, 0.29) is 11.9 Å². The summed E-state index contributed by atoms with van der Waals surface area (Å²) in [7, 11) is 4.69. The first-order chi connectivity index (χ1) is 14.0. The van der Waals surface area contributed by atoms with Crippen LogP contribution in [-0.2, 0) is 6.54 Å². The molecule has 7 nitrogen and oxygen atoms in total. The molecule has 1 unspecified atom stereocenters. The van der Waals surface area contributed by atoms with Crippen LogP contribution in [0.4, 0.5) is 0 Å². The van der Waals surface area contributed by atoms with Crippen LogP contribution in [0, 0.1) is 0 Å². The van der Waals surface area contributed by atoms with Gasteiger partial charge in [0, 0.05) is 18.0 Å². The summed E-state index contributed by atoms with van der Waals surface area (Å²) in [5.74, 6) is 1.46. The van der Waals surface area contributed by atoms with Gasteiger partial charge >= 0.3 is 0 Å². The fraction of sp³-hybridized carbons (Fsp3) is 0.273. The Labute approximate surface area is 170 Å². The first-order valence-electron chi connectivity index (χ1n) is 9.22. The largest absolute Gasteiger partial charge is 0.493 e. The zero-order valence-corrected chi connectivity index (χ0v) is 17.0. The number of carbonyl (C=O) groups excluding carboxylic acids is 1. The Balaban J connectivity index is 1.71. The van der Waals surface area contributed by atoms with E-state index in [0.29, 0.717) is 29.4 Å². The summed E-state index contributed by atoms with van der Waals surface area (Å²) < 4.78 is 18.0. The van der Waals surface area contributed by atoms with Crippen LogP contribution < -0.4 is 19.5 Å². The molecule has 0 spiro atoms. The first kappa shape index (κ1) is 20.3. The highest BCUT2D eigenvalue weighted by atomic mass is 16.5. The molecule has 0 bridgehead atoms. The predicted molar refractivity (Wildman–Crippen MR) is 110 cm³/mol. The zero-order valence-electron chi connectivity index (χ0n) is 17.0. The van der Waals surface area contributed by atoms with Crippen molar-refractivity contribution in [3.63, 3.8) is 0 Å². The molecule has 1 N–H and O–H groups in total. The highest BCUT2D eigenvalue weighted by Crippen LogP contribution is 2.39. The molecule has 0 fully saturated rings. The van der Waals surface area contributed by atoms with Gasteiger partial charge < -0.3 is 19.5 Å². The lowest BCUT2D eigenvalue weighted by atomic mass is 10.1. The van der Waals surface area contributed by atoms with Crippen LogP contribution in [0.2, 0.25) is 0 Å². The maximum absolute atomic E-state index is 12.7. The molecule has 0 aliphatic rings. The van der Waals surface area contributed by atoms with E-state index in [1.807, 2.05) is 60.3 Å². The third-order valence-electron chi connectivity index (χ3n) is 4.65. The second-order valence-electron chi connectivity index (χ2n) is 6.55. The van der Waals surface area contributed by atoms with Crippen molar-refractivity contribution >= 4 is 5.91 Å². The van der Waals surface area contributed by atoms with Crippen LogP contribution in [0.25, 0.3) is 0 Å². The van der Waals surface area contributed by atoms with Crippen LogP contribution in [-0.4, -0.2) is 37.0 Å². The van der Waals surface area contributed by atoms with Gasteiger partial charge in [-0.05, 0) is 48.4 Å². The van der Waals surface area contributed by atoms with Gasteiger partial charge in [0.2, 0.25) is 5.75 Å². The molecular weight excluding hydrogens is 370 g/mol. The van der Waals surface area contributed by atoms with Crippen molar-refractivity contribution in [2.75, 3.05) is 21.3 Å². The number of nitrogens with zero attached hydrogens (tertiary/aromatic N) is 2. The Morgan fingerprint density at radius 2 is 1.72 bits per heavy atom. The minimum atomic E-state index is -0.250. The number of nitrogens with one attached hydrogen (secondary N) is 1. The number of methoxy groups -OCH3 is 3. The summed E-state index contributed by atoms with van der Waals surface area (Å²) in [6.45, 7) is 2.57. The molecule has 0 aliphatic heterocycles. The van der Waals surface area contributed by atoms with Gasteiger partial charge in [0.15, 0.2) is 11.5 Å². The second-order valence-corrected chi connectivity index (χ2v) is 6.55. The SMILES string of the molecule is COc1cc(C(C)NC(=O)c2ccc(Cn3cccn3)cc2)cc(OC)c1OC. The van der Waals surface area contributed by atoms with Crippen LogP contribution in [0.1, 0.15) is 34.5 Å². The molecule has 3 aromatic rings. The van der Waals surface area contributed by atoms with Gasteiger partial charge in [-0.3, -0.25) is 9.48 Å². The lowest BCUT2D eigenvalue weighted by Crippen LogP contribution is -2.26. The fourth-order valence-electron chi connectivity index (χ4n) is 3.06. The molecule has 3 rings (SSSR count). The third kappa shape index (κ3) is 4.68. The molecule has 0 saturated carbocycles. The molecule has 152 valence electrons. The van der Waals surface area contributed by atoms with E-state index in [4.69, 9.17) is 14.2 Å². The van der Waals surface area contributed by atoms with Crippen molar-refractivity contribution in [3.05, 3.63) is 71.5 Å². The Kier molecular flexibility index (Phi) is 6.39. The quantitative estimate of drug-likeness (QED) is 0.632. The molecule has 0 radical (unpaired) electrons. The summed E-state index contributed by atoms with van der Waals surface area (Å²) >= 11 is 0.